The van der Waals surface area contributed by atoms with Crippen molar-refractivity contribution in [1.29, 1.82) is 0 Å². The molecule has 6 nitrogen and oxygen atoms in total. The molecule has 0 unspecified atom stereocenters. The molecule has 194 valence electrons. The Morgan fingerprint density at radius 3 is 2.51 bits per heavy atom. The normalized spacial score (nSPS) is 14.7. The lowest BCUT2D eigenvalue weighted by Gasteiger charge is -2.13. The Morgan fingerprint density at radius 1 is 0.973 bits per heavy atom. The molecule has 2 amide bonds. The minimum absolute atomic E-state index is 0.0607. The number of anilines is 1. The van der Waals surface area contributed by atoms with Crippen molar-refractivity contribution in [2.45, 2.75) is 62.8 Å². The molecule has 37 heavy (non-hydrogen) atoms. The summed E-state index contributed by atoms with van der Waals surface area (Å²) in [6.07, 6.45) is 0.464. The molecule has 0 spiro atoms. The zero-order valence-corrected chi connectivity index (χ0v) is 21.5. The fraction of sp³-hybridized carbons (Fsp3) is 0.385. The smallest absolute Gasteiger partial charge is 0.348 e. The number of thioether (sulfide) groups is 1. The van der Waals surface area contributed by atoms with Crippen molar-refractivity contribution < 1.29 is 22.8 Å². The molecule has 1 aromatic carbocycles. The molecule has 2 aliphatic carbocycles. The highest BCUT2D eigenvalue weighted by molar-refractivity contribution is 7.99. The minimum Gasteiger partial charge on any atom is -0.348 e. The molecule has 2 aliphatic rings. The summed E-state index contributed by atoms with van der Waals surface area (Å²) in [6.45, 7) is 0.366. The summed E-state index contributed by atoms with van der Waals surface area (Å²) < 4.78 is 40.5. The van der Waals surface area contributed by atoms with E-state index in [2.05, 4.69) is 20.6 Å². The maximum Gasteiger partial charge on any atom is 0.433 e. The molecule has 5 rings (SSSR count). The fourth-order valence-corrected chi connectivity index (χ4v) is 6.73. The maximum atomic E-state index is 13.5. The number of benzene rings is 1. The van der Waals surface area contributed by atoms with Crippen LogP contribution in [0.15, 0.2) is 35.5 Å². The molecule has 0 aliphatic heterocycles. The van der Waals surface area contributed by atoms with Crippen LogP contribution in [0, 0.1) is 0 Å². The molecule has 2 heterocycles. The fourth-order valence-electron chi connectivity index (χ4n) is 4.76. The van der Waals surface area contributed by atoms with Gasteiger partial charge in [-0.15, -0.1) is 11.3 Å². The second-order valence-corrected chi connectivity index (χ2v) is 11.1. The molecule has 3 aromatic rings. The van der Waals surface area contributed by atoms with Crippen molar-refractivity contribution in [3.63, 3.8) is 0 Å². The van der Waals surface area contributed by atoms with Gasteiger partial charge in [0, 0.05) is 22.7 Å². The average Bonchev–Trinajstić information content (AvgIpc) is 3.49. The molecular weight excluding hydrogens is 521 g/mol. The Kier molecular flexibility index (Phi) is 7.52. The van der Waals surface area contributed by atoms with Crippen LogP contribution >= 0.6 is 23.1 Å². The number of halogens is 3. The molecular formula is C26H25F3N4O2S2. The van der Waals surface area contributed by atoms with E-state index in [1.807, 2.05) is 30.3 Å². The Balaban J connectivity index is 1.30. The number of rotatable bonds is 7. The lowest BCUT2D eigenvalue weighted by molar-refractivity contribution is -0.142. The maximum absolute atomic E-state index is 13.5. The number of hydrogen-bond donors (Lipinski definition) is 2. The molecule has 2 aromatic heterocycles. The first-order valence-electron chi connectivity index (χ1n) is 12.2. The topological polar surface area (TPSA) is 84.0 Å². The van der Waals surface area contributed by atoms with E-state index in [-0.39, 0.29) is 22.4 Å². The first-order valence-corrected chi connectivity index (χ1v) is 14.0. The zero-order chi connectivity index (χ0) is 26.0. The summed E-state index contributed by atoms with van der Waals surface area (Å²) >= 11 is 2.27. The van der Waals surface area contributed by atoms with E-state index >= 15 is 0 Å². The SMILES string of the molecule is O=C(CSc1nc2c(c(C(F)(F)F)n1)CCC2)Nc1sc2c(c1C(=O)NCc1ccccc1)CCCC2. The standard InChI is InChI=1S/C26H25F3N4O2S2/c27-26(28,29)22-16-10-6-11-18(16)31-25(33-22)36-14-20(34)32-24-21(17-9-4-5-12-19(17)37-24)23(35)30-13-15-7-2-1-3-8-15/h1-3,7-8H,4-6,9-14H2,(H,30,35)(H,32,34). The monoisotopic (exact) mass is 546 g/mol. The lowest BCUT2D eigenvalue weighted by atomic mass is 9.95. The second kappa shape index (κ2) is 10.8. The quantitative estimate of drug-likeness (QED) is 0.298. The largest absolute Gasteiger partial charge is 0.433 e. The number of fused-ring (bicyclic) bond motifs is 2. The summed E-state index contributed by atoms with van der Waals surface area (Å²) in [7, 11) is 0. The third-order valence-corrected chi connectivity index (χ3v) is 8.52. The average molecular weight is 547 g/mol. The van der Waals surface area contributed by atoms with Gasteiger partial charge in [0.05, 0.1) is 11.3 Å². The van der Waals surface area contributed by atoms with Gasteiger partial charge in [-0.05, 0) is 56.1 Å². The van der Waals surface area contributed by atoms with Crippen LogP contribution in [0.25, 0.3) is 0 Å². The van der Waals surface area contributed by atoms with Crippen molar-refractivity contribution in [2.24, 2.45) is 0 Å². The van der Waals surface area contributed by atoms with Crippen LogP contribution in [-0.4, -0.2) is 27.5 Å². The van der Waals surface area contributed by atoms with E-state index in [1.54, 1.807) is 0 Å². The predicted molar refractivity (Wildman–Crippen MR) is 137 cm³/mol. The number of aromatic nitrogens is 2. The first-order chi connectivity index (χ1) is 17.8. The minimum atomic E-state index is -4.56. The van der Waals surface area contributed by atoms with Crippen LogP contribution in [0.4, 0.5) is 18.2 Å². The van der Waals surface area contributed by atoms with Crippen molar-refractivity contribution >= 4 is 39.9 Å². The number of carbonyl (C=O) groups is 2. The van der Waals surface area contributed by atoms with Gasteiger partial charge < -0.3 is 10.6 Å². The lowest BCUT2D eigenvalue weighted by Crippen LogP contribution is -2.25. The van der Waals surface area contributed by atoms with E-state index in [1.165, 1.54) is 11.3 Å². The van der Waals surface area contributed by atoms with Gasteiger partial charge in [0.25, 0.3) is 5.91 Å². The van der Waals surface area contributed by atoms with Crippen LogP contribution in [0.1, 0.15) is 62.6 Å². The zero-order valence-electron chi connectivity index (χ0n) is 19.9. The third kappa shape index (κ3) is 5.82. The summed E-state index contributed by atoms with van der Waals surface area (Å²) in [5.41, 5.74) is 2.10. The number of carbonyl (C=O) groups excluding carboxylic acids is 2. The van der Waals surface area contributed by atoms with Crippen LogP contribution in [-0.2, 0) is 43.2 Å². The highest BCUT2D eigenvalue weighted by Crippen LogP contribution is 2.39. The van der Waals surface area contributed by atoms with Crippen LogP contribution < -0.4 is 10.6 Å². The van der Waals surface area contributed by atoms with E-state index in [0.717, 1.165) is 53.4 Å². The summed E-state index contributed by atoms with van der Waals surface area (Å²) in [6, 6.07) is 9.56. The highest BCUT2D eigenvalue weighted by Gasteiger charge is 2.38. The molecule has 0 fully saturated rings. The summed E-state index contributed by atoms with van der Waals surface area (Å²) in [4.78, 5) is 35.1. The summed E-state index contributed by atoms with van der Waals surface area (Å²) in [5, 5.41) is 6.21. The number of amides is 2. The predicted octanol–water partition coefficient (Wildman–Crippen LogP) is 5.59. The van der Waals surface area contributed by atoms with Crippen molar-refractivity contribution in [1.82, 2.24) is 15.3 Å². The second-order valence-electron chi connectivity index (χ2n) is 9.05. The third-order valence-electron chi connectivity index (χ3n) is 6.46. The first kappa shape index (κ1) is 25.7. The van der Waals surface area contributed by atoms with Crippen LogP contribution in [0.2, 0.25) is 0 Å². The van der Waals surface area contributed by atoms with E-state index in [9.17, 15) is 22.8 Å². The number of hydrogen-bond acceptors (Lipinski definition) is 6. The van der Waals surface area contributed by atoms with Gasteiger partial charge in [-0.1, -0.05) is 42.1 Å². The summed E-state index contributed by atoms with van der Waals surface area (Å²) in [5.74, 6) is -0.828. The van der Waals surface area contributed by atoms with Crippen molar-refractivity contribution in [3.8, 4) is 0 Å². The van der Waals surface area contributed by atoms with Crippen LogP contribution in [0.3, 0.4) is 0 Å². The van der Waals surface area contributed by atoms with Gasteiger partial charge in [0.1, 0.15) is 5.00 Å². The molecule has 0 atom stereocenters. The molecule has 0 saturated carbocycles. The Morgan fingerprint density at radius 2 is 1.73 bits per heavy atom. The molecule has 2 N–H and O–H groups in total. The Bertz CT molecular complexity index is 1330. The van der Waals surface area contributed by atoms with E-state index in [4.69, 9.17) is 0 Å². The highest BCUT2D eigenvalue weighted by atomic mass is 32.2. The number of nitrogens with zero attached hydrogens (tertiary/aromatic N) is 2. The molecule has 11 heteroatoms. The van der Waals surface area contributed by atoms with Gasteiger partial charge >= 0.3 is 6.18 Å². The number of thiophene rings is 1. The number of aryl methyl sites for hydroxylation is 2. The van der Waals surface area contributed by atoms with Gasteiger partial charge in [-0.2, -0.15) is 13.2 Å². The molecule has 0 radical (unpaired) electrons. The van der Waals surface area contributed by atoms with E-state index in [0.29, 0.717) is 42.1 Å². The van der Waals surface area contributed by atoms with Crippen molar-refractivity contribution in [2.75, 3.05) is 11.1 Å². The van der Waals surface area contributed by atoms with E-state index < -0.39 is 17.8 Å². The number of nitrogens with one attached hydrogen (secondary N) is 2. The molecule has 0 saturated heterocycles. The van der Waals surface area contributed by atoms with Crippen molar-refractivity contribution in [3.05, 3.63) is 68.9 Å². The molecule has 0 bridgehead atoms. The Labute approximate surface area is 220 Å². The van der Waals surface area contributed by atoms with Gasteiger partial charge in [-0.25, -0.2) is 9.97 Å². The van der Waals surface area contributed by atoms with Crippen LogP contribution in [0.5, 0.6) is 0 Å². The van der Waals surface area contributed by atoms with Gasteiger partial charge in [0.2, 0.25) is 5.91 Å². The van der Waals surface area contributed by atoms with Gasteiger partial charge in [-0.3, -0.25) is 9.59 Å². The number of alkyl halides is 3. The Hall–Kier alpha value is -2.92. The van der Waals surface area contributed by atoms with Gasteiger partial charge in [0.15, 0.2) is 10.9 Å².